The summed E-state index contributed by atoms with van der Waals surface area (Å²) in [6, 6.07) is 5.67. The highest BCUT2D eigenvalue weighted by molar-refractivity contribution is 8.13. The Hall–Kier alpha value is -1.07. The number of nitrogens with zero attached hydrogens (tertiary/aromatic N) is 1. The van der Waals surface area contributed by atoms with Crippen LogP contribution in [0.25, 0.3) is 0 Å². The van der Waals surface area contributed by atoms with E-state index >= 15 is 0 Å². The molecule has 1 aliphatic carbocycles. The Morgan fingerprint density at radius 3 is 2.33 bits per heavy atom. The largest absolute Gasteiger partial charge is 0.341 e. The van der Waals surface area contributed by atoms with Crippen molar-refractivity contribution in [2.45, 2.75) is 17.7 Å². The average molecular weight is 288 g/mol. The Balaban J connectivity index is 2.11. The number of hydrogen-bond acceptors (Lipinski definition) is 3. The van der Waals surface area contributed by atoms with E-state index in [0.29, 0.717) is 11.5 Å². The molecule has 18 heavy (non-hydrogen) atoms. The average Bonchev–Trinajstić information content (AvgIpc) is 3.11. The second kappa shape index (κ2) is 4.90. The molecule has 2 rings (SSSR count). The Bertz CT molecular complexity index is 549. The van der Waals surface area contributed by atoms with Crippen molar-refractivity contribution in [3.05, 3.63) is 29.8 Å². The fraction of sp³-hybridized carbons (Fsp3) is 0.417. The van der Waals surface area contributed by atoms with Crippen molar-refractivity contribution < 1.29 is 13.2 Å². The Morgan fingerprint density at radius 1 is 1.33 bits per heavy atom. The van der Waals surface area contributed by atoms with E-state index < -0.39 is 9.05 Å². The number of amides is 1. The molecule has 0 spiro atoms. The van der Waals surface area contributed by atoms with E-state index in [1.165, 1.54) is 37.1 Å². The lowest BCUT2D eigenvalue weighted by Gasteiger charge is -2.16. The van der Waals surface area contributed by atoms with Crippen LogP contribution in [0.4, 0.5) is 0 Å². The molecule has 0 saturated heterocycles. The van der Waals surface area contributed by atoms with E-state index in [4.69, 9.17) is 10.7 Å². The van der Waals surface area contributed by atoms with Crippen molar-refractivity contribution in [2.24, 2.45) is 5.92 Å². The van der Waals surface area contributed by atoms with Crippen molar-refractivity contribution >= 4 is 25.6 Å². The molecule has 0 aliphatic heterocycles. The molecule has 98 valence electrons. The first kappa shape index (κ1) is 13.4. The van der Waals surface area contributed by atoms with Gasteiger partial charge >= 0.3 is 0 Å². The standard InChI is InChI=1S/C12H14ClNO3S/c1-14(8-9-2-3-9)12(15)10-4-6-11(7-5-10)18(13,16)17/h4-7,9H,2-3,8H2,1H3. The first-order valence-electron chi connectivity index (χ1n) is 5.68. The van der Waals surface area contributed by atoms with Crippen LogP contribution < -0.4 is 0 Å². The van der Waals surface area contributed by atoms with Gasteiger partial charge in [-0.2, -0.15) is 0 Å². The number of halogens is 1. The van der Waals surface area contributed by atoms with E-state index in [1.807, 2.05) is 0 Å². The van der Waals surface area contributed by atoms with Gasteiger partial charge in [-0.3, -0.25) is 4.79 Å². The summed E-state index contributed by atoms with van der Waals surface area (Å²) in [6.45, 7) is 0.758. The molecular weight excluding hydrogens is 274 g/mol. The van der Waals surface area contributed by atoms with Crippen molar-refractivity contribution in [1.29, 1.82) is 0 Å². The molecule has 0 unspecified atom stereocenters. The zero-order valence-electron chi connectivity index (χ0n) is 9.97. The third-order valence-corrected chi connectivity index (χ3v) is 4.33. The van der Waals surface area contributed by atoms with Gasteiger partial charge in [-0.1, -0.05) is 0 Å². The van der Waals surface area contributed by atoms with E-state index in [9.17, 15) is 13.2 Å². The molecule has 1 saturated carbocycles. The van der Waals surface area contributed by atoms with Crippen LogP contribution in [-0.2, 0) is 9.05 Å². The predicted molar refractivity (Wildman–Crippen MR) is 69.2 cm³/mol. The number of carbonyl (C=O) groups excluding carboxylic acids is 1. The van der Waals surface area contributed by atoms with Crippen molar-refractivity contribution in [3.8, 4) is 0 Å². The summed E-state index contributed by atoms with van der Waals surface area (Å²) in [5.74, 6) is 0.530. The third-order valence-electron chi connectivity index (χ3n) is 2.96. The molecule has 1 amide bonds. The van der Waals surface area contributed by atoms with Gasteiger partial charge in [-0.15, -0.1) is 0 Å². The maximum absolute atomic E-state index is 12.0. The molecule has 4 nitrogen and oxygen atoms in total. The lowest BCUT2D eigenvalue weighted by atomic mass is 10.2. The summed E-state index contributed by atoms with van der Waals surface area (Å²) in [5, 5.41) is 0. The number of rotatable bonds is 4. The summed E-state index contributed by atoms with van der Waals surface area (Å²) in [7, 11) is 3.24. The van der Waals surface area contributed by atoms with Crippen LogP contribution in [-0.4, -0.2) is 32.8 Å². The molecule has 0 atom stereocenters. The minimum atomic E-state index is -3.73. The fourth-order valence-corrected chi connectivity index (χ4v) is 2.52. The maximum Gasteiger partial charge on any atom is 0.261 e. The molecule has 1 aromatic rings. The molecule has 1 fully saturated rings. The monoisotopic (exact) mass is 287 g/mol. The molecule has 0 radical (unpaired) electrons. The lowest BCUT2D eigenvalue weighted by molar-refractivity contribution is 0.0788. The minimum Gasteiger partial charge on any atom is -0.341 e. The van der Waals surface area contributed by atoms with Crippen molar-refractivity contribution in [1.82, 2.24) is 4.90 Å². The van der Waals surface area contributed by atoms with Crippen LogP contribution in [0.3, 0.4) is 0 Å². The molecular formula is C12H14ClNO3S. The Kier molecular flexibility index (Phi) is 3.64. The van der Waals surface area contributed by atoms with Gasteiger partial charge in [-0.25, -0.2) is 8.42 Å². The summed E-state index contributed by atoms with van der Waals surface area (Å²) in [5.41, 5.74) is 0.474. The van der Waals surface area contributed by atoms with Crippen LogP contribution in [0.5, 0.6) is 0 Å². The lowest BCUT2D eigenvalue weighted by Crippen LogP contribution is -2.28. The van der Waals surface area contributed by atoms with Crippen LogP contribution in [0.1, 0.15) is 23.2 Å². The molecule has 0 heterocycles. The second-order valence-electron chi connectivity index (χ2n) is 4.59. The predicted octanol–water partition coefficient (Wildman–Crippen LogP) is 2.10. The van der Waals surface area contributed by atoms with Crippen molar-refractivity contribution in [2.75, 3.05) is 13.6 Å². The van der Waals surface area contributed by atoms with E-state index in [0.717, 1.165) is 6.54 Å². The minimum absolute atomic E-state index is 0.00515. The fourth-order valence-electron chi connectivity index (χ4n) is 1.75. The maximum atomic E-state index is 12.0. The van der Waals surface area contributed by atoms with Gasteiger partial charge < -0.3 is 4.90 Å². The van der Waals surface area contributed by atoms with Crippen LogP contribution in [0.15, 0.2) is 29.2 Å². The molecule has 6 heteroatoms. The van der Waals surface area contributed by atoms with Gasteiger partial charge in [0, 0.05) is 29.8 Å². The highest BCUT2D eigenvalue weighted by Crippen LogP contribution is 2.29. The van der Waals surface area contributed by atoms with E-state index in [1.54, 1.807) is 11.9 Å². The van der Waals surface area contributed by atoms with Gasteiger partial charge in [-0.05, 0) is 43.0 Å². The van der Waals surface area contributed by atoms with Gasteiger partial charge in [0.2, 0.25) is 0 Å². The van der Waals surface area contributed by atoms with Crippen molar-refractivity contribution in [3.63, 3.8) is 0 Å². The van der Waals surface area contributed by atoms with Crippen LogP contribution in [0, 0.1) is 5.92 Å². The smallest absolute Gasteiger partial charge is 0.261 e. The Morgan fingerprint density at radius 2 is 1.89 bits per heavy atom. The van der Waals surface area contributed by atoms with Gasteiger partial charge in [0.1, 0.15) is 0 Å². The molecule has 1 aliphatic rings. The quantitative estimate of drug-likeness (QED) is 0.797. The first-order valence-corrected chi connectivity index (χ1v) is 7.99. The van der Waals surface area contributed by atoms with Crippen LogP contribution >= 0.6 is 10.7 Å². The van der Waals surface area contributed by atoms with E-state index in [-0.39, 0.29) is 10.8 Å². The molecule has 1 aromatic carbocycles. The molecule has 0 aromatic heterocycles. The number of hydrogen-bond donors (Lipinski definition) is 0. The van der Waals surface area contributed by atoms with E-state index in [2.05, 4.69) is 0 Å². The summed E-state index contributed by atoms with van der Waals surface area (Å²) in [6.07, 6.45) is 2.36. The summed E-state index contributed by atoms with van der Waals surface area (Å²) < 4.78 is 22.1. The zero-order valence-corrected chi connectivity index (χ0v) is 11.5. The van der Waals surface area contributed by atoms with Crippen LogP contribution in [0.2, 0.25) is 0 Å². The van der Waals surface area contributed by atoms with Gasteiger partial charge in [0.05, 0.1) is 4.90 Å². The highest BCUT2D eigenvalue weighted by atomic mass is 35.7. The molecule has 0 bridgehead atoms. The topological polar surface area (TPSA) is 54.5 Å². The summed E-state index contributed by atoms with van der Waals surface area (Å²) in [4.78, 5) is 13.7. The SMILES string of the molecule is CN(CC1CC1)C(=O)c1ccc(S(=O)(=O)Cl)cc1. The first-order chi connectivity index (χ1) is 8.38. The zero-order chi connectivity index (χ0) is 13.3. The van der Waals surface area contributed by atoms with Gasteiger partial charge in [0.15, 0.2) is 0 Å². The highest BCUT2D eigenvalue weighted by Gasteiger charge is 2.25. The number of carbonyl (C=O) groups is 1. The Labute approximate surface area is 111 Å². The van der Waals surface area contributed by atoms with Gasteiger partial charge in [0.25, 0.3) is 15.0 Å². The summed E-state index contributed by atoms with van der Waals surface area (Å²) >= 11 is 0. The second-order valence-corrected chi connectivity index (χ2v) is 7.16. The molecule has 0 N–H and O–H groups in total. The normalized spacial score (nSPS) is 15.4. The third kappa shape index (κ3) is 3.23. The number of benzene rings is 1.